The number of nitrogens with zero attached hydrogens (tertiary/aromatic N) is 2. The summed E-state index contributed by atoms with van der Waals surface area (Å²) in [6.07, 6.45) is 0.818. The zero-order chi connectivity index (χ0) is 12.6. The van der Waals surface area contributed by atoms with Gasteiger partial charge in [-0.15, -0.1) is 0 Å². The molecule has 0 aliphatic heterocycles. The largest absolute Gasteiger partial charge is 0.324 e. The van der Waals surface area contributed by atoms with Crippen LogP contribution in [0.4, 0.5) is 4.39 Å². The SMILES string of the molecule is CCC(N)c1nc2cc(F)ccc2n1C(C)C. The van der Waals surface area contributed by atoms with Gasteiger partial charge in [-0.1, -0.05) is 6.92 Å². The van der Waals surface area contributed by atoms with Gasteiger partial charge in [-0.2, -0.15) is 0 Å². The van der Waals surface area contributed by atoms with Crippen molar-refractivity contribution in [2.24, 2.45) is 5.73 Å². The number of imidazole rings is 1. The zero-order valence-electron chi connectivity index (χ0n) is 10.4. The highest BCUT2D eigenvalue weighted by Crippen LogP contribution is 2.25. The van der Waals surface area contributed by atoms with Crippen LogP contribution in [-0.2, 0) is 0 Å². The summed E-state index contributed by atoms with van der Waals surface area (Å²) >= 11 is 0. The van der Waals surface area contributed by atoms with Gasteiger partial charge in [-0.3, -0.25) is 0 Å². The third kappa shape index (κ3) is 2.05. The van der Waals surface area contributed by atoms with Crippen molar-refractivity contribution in [2.45, 2.75) is 39.3 Å². The van der Waals surface area contributed by atoms with Crippen molar-refractivity contribution in [1.82, 2.24) is 9.55 Å². The number of nitrogens with two attached hydrogens (primary N) is 1. The molecule has 4 heteroatoms. The van der Waals surface area contributed by atoms with Crippen LogP contribution in [0.2, 0.25) is 0 Å². The molecular formula is C13H18FN3. The highest BCUT2D eigenvalue weighted by Gasteiger charge is 2.17. The van der Waals surface area contributed by atoms with Gasteiger partial charge in [0.1, 0.15) is 11.6 Å². The second-order valence-corrected chi connectivity index (χ2v) is 4.58. The number of aromatic nitrogens is 2. The Bertz CT molecular complexity index is 531. The second-order valence-electron chi connectivity index (χ2n) is 4.58. The number of rotatable bonds is 3. The molecule has 1 unspecified atom stereocenters. The van der Waals surface area contributed by atoms with E-state index in [4.69, 9.17) is 5.73 Å². The van der Waals surface area contributed by atoms with E-state index < -0.39 is 0 Å². The van der Waals surface area contributed by atoms with Gasteiger partial charge in [-0.05, 0) is 32.4 Å². The first-order chi connectivity index (χ1) is 8.04. The lowest BCUT2D eigenvalue weighted by Gasteiger charge is -2.16. The summed E-state index contributed by atoms with van der Waals surface area (Å²) in [4.78, 5) is 4.46. The van der Waals surface area contributed by atoms with Gasteiger partial charge in [0.2, 0.25) is 0 Å². The van der Waals surface area contributed by atoms with Crippen molar-refractivity contribution < 1.29 is 4.39 Å². The Hall–Kier alpha value is -1.42. The van der Waals surface area contributed by atoms with Gasteiger partial charge in [-0.25, -0.2) is 9.37 Å². The molecular weight excluding hydrogens is 217 g/mol. The molecule has 0 bridgehead atoms. The lowest BCUT2D eigenvalue weighted by atomic mass is 10.2. The summed E-state index contributed by atoms with van der Waals surface area (Å²) < 4.78 is 15.3. The molecule has 0 aliphatic carbocycles. The summed E-state index contributed by atoms with van der Waals surface area (Å²) in [5, 5.41) is 0. The number of fused-ring (bicyclic) bond motifs is 1. The van der Waals surface area contributed by atoms with E-state index in [1.54, 1.807) is 6.07 Å². The molecule has 1 heterocycles. The molecule has 0 radical (unpaired) electrons. The van der Waals surface area contributed by atoms with Crippen LogP contribution in [0.3, 0.4) is 0 Å². The van der Waals surface area contributed by atoms with Crippen molar-refractivity contribution in [3.05, 3.63) is 29.8 Å². The molecule has 2 rings (SSSR count). The van der Waals surface area contributed by atoms with Crippen molar-refractivity contribution in [3.8, 4) is 0 Å². The first kappa shape index (κ1) is 12.0. The maximum atomic E-state index is 13.2. The Morgan fingerprint density at radius 3 is 2.71 bits per heavy atom. The predicted octanol–water partition coefficient (Wildman–Crippen LogP) is 3.17. The highest BCUT2D eigenvalue weighted by atomic mass is 19.1. The molecule has 3 nitrogen and oxygen atoms in total. The number of benzene rings is 1. The number of halogens is 1. The van der Waals surface area contributed by atoms with Crippen molar-refractivity contribution in [2.75, 3.05) is 0 Å². The van der Waals surface area contributed by atoms with Crippen molar-refractivity contribution in [1.29, 1.82) is 0 Å². The fraction of sp³-hybridized carbons (Fsp3) is 0.462. The van der Waals surface area contributed by atoms with E-state index in [1.165, 1.54) is 12.1 Å². The predicted molar refractivity (Wildman–Crippen MR) is 67.3 cm³/mol. The smallest absolute Gasteiger partial charge is 0.127 e. The summed E-state index contributed by atoms with van der Waals surface area (Å²) in [6, 6.07) is 4.85. The summed E-state index contributed by atoms with van der Waals surface area (Å²) in [5.41, 5.74) is 7.68. The minimum absolute atomic E-state index is 0.104. The molecule has 1 atom stereocenters. The van der Waals surface area contributed by atoms with E-state index in [-0.39, 0.29) is 17.9 Å². The molecule has 0 amide bonds. The summed E-state index contributed by atoms with van der Waals surface area (Å²) in [6.45, 7) is 6.18. The summed E-state index contributed by atoms with van der Waals surface area (Å²) in [5.74, 6) is 0.575. The molecule has 2 N–H and O–H groups in total. The maximum Gasteiger partial charge on any atom is 0.127 e. The molecule has 1 aromatic carbocycles. The number of hydrogen-bond acceptors (Lipinski definition) is 2. The molecule has 0 aliphatic rings. The average molecular weight is 235 g/mol. The molecule has 2 aromatic rings. The lowest BCUT2D eigenvalue weighted by molar-refractivity contribution is 0.535. The topological polar surface area (TPSA) is 43.8 Å². The van der Waals surface area contributed by atoms with Gasteiger partial charge in [0, 0.05) is 12.1 Å². The maximum absolute atomic E-state index is 13.2. The molecule has 92 valence electrons. The van der Waals surface area contributed by atoms with E-state index >= 15 is 0 Å². The van der Waals surface area contributed by atoms with Crippen LogP contribution < -0.4 is 5.73 Å². The first-order valence-electron chi connectivity index (χ1n) is 5.97. The van der Waals surface area contributed by atoms with E-state index in [0.717, 1.165) is 17.8 Å². The minimum atomic E-state index is -0.262. The standard InChI is InChI=1S/C13H18FN3/c1-4-10(15)13-16-11-7-9(14)5-6-12(11)17(13)8(2)3/h5-8,10H,4,15H2,1-3H3. The van der Waals surface area contributed by atoms with Crippen LogP contribution in [0.15, 0.2) is 18.2 Å². The van der Waals surface area contributed by atoms with E-state index in [2.05, 4.69) is 23.4 Å². The Morgan fingerprint density at radius 2 is 2.12 bits per heavy atom. The fourth-order valence-electron chi connectivity index (χ4n) is 2.08. The van der Waals surface area contributed by atoms with Gasteiger partial charge >= 0.3 is 0 Å². The van der Waals surface area contributed by atoms with Crippen molar-refractivity contribution >= 4 is 11.0 Å². The third-order valence-electron chi connectivity index (χ3n) is 2.97. The van der Waals surface area contributed by atoms with Crippen LogP contribution in [0.1, 0.15) is 45.1 Å². The molecule has 0 fully saturated rings. The zero-order valence-corrected chi connectivity index (χ0v) is 10.4. The fourth-order valence-corrected chi connectivity index (χ4v) is 2.08. The Morgan fingerprint density at radius 1 is 1.41 bits per heavy atom. The Balaban J connectivity index is 2.70. The van der Waals surface area contributed by atoms with Gasteiger partial charge < -0.3 is 10.3 Å². The Labute approximate surface area is 100 Å². The van der Waals surface area contributed by atoms with Crippen LogP contribution in [0.5, 0.6) is 0 Å². The molecule has 0 spiro atoms. The van der Waals surface area contributed by atoms with Crippen molar-refractivity contribution in [3.63, 3.8) is 0 Å². The normalized spacial score (nSPS) is 13.5. The second kappa shape index (κ2) is 4.45. The van der Waals surface area contributed by atoms with E-state index in [1.807, 2.05) is 6.92 Å². The highest BCUT2D eigenvalue weighted by molar-refractivity contribution is 5.76. The van der Waals surface area contributed by atoms with Crippen LogP contribution in [0, 0.1) is 5.82 Å². The molecule has 0 saturated carbocycles. The molecule has 17 heavy (non-hydrogen) atoms. The van der Waals surface area contributed by atoms with E-state index in [0.29, 0.717) is 5.52 Å². The van der Waals surface area contributed by atoms with Gasteiger partial charge in [0.05, 0.1) is 17.1 Å². The van der Waals surface area contributed by atoms with Crippen LogP contribution in [-0.4, -0.2) is 9.55 Å². The van der Waals surface area contributed by atoms with Gasteiger partial charge in [0.15, 0.2) is 0 Å². The quantitative estimate of drug-likeness (QED) is 0.888. The van der Waals surface area contributed by atoms with Gasteiger partial charge in [0.25, 0.3) is 0 Å². The molecule has 1 aromatic heterocycles. The monoisotopic (exact) mass is 235 g/mol. The number of hydrogen-bond donors (Lipinski definition) is 1. The minimum Gasteiger partial charge on any atom is -0.324 e. The average Bonchev–Trinajstić information content (AvgIpc) is 2.66. The third-order valence-corrected chi connectivity index (χ3v) is 2.97. The van der Waals surface area contributed by atoms with E-state index in [9.17, 15) is 4.39 Å². The van der Waals surface area contributed by atoms with Crippen LogP contribution >= 0.6 is 0 Å². The molecule has 0 saturated heterocycles. The first-order valence-corrected chi connectivity index (χ1v) is 5.97. The lowest BCUT2D eigenvalue weighted by Crippen LogP contribution is -2.17. The summed E-state index contributed by atoms with van der Waals surface area (Å²) in [7, 11) is 0. The Kier molecular flexibility index (Phi) is 3.15. The van der Waals surface area contributed by atoms with Crippen LogP contribution in [0.25, 0.3) is 11.0 Å².